The summed E-state index contributed by atoms with van der Waals surface area (Å²) in [6.45, 7) is -0.580. The van der Waals surface area contributed by atoms with Gasteiger partial charge < -0.3 is 20.2 Å². The highest BCUT2D eigenvalue weighted by molar-refractivity contribution is 6.04. The van der Waals surface area contributed by atoms with Crippen LogP contribution in [0.1, 0.15) is 0 Å². The lowest BCUT2D eigenvalue weighted by molar-refractivity contribution is -0.389. The molecule has 1 aliphatic heterocycles. The number of amides is 2. The summed E-state index contributed by atoms with van der Waals surface area (Å²) in [5.41, 5.74) is 0.579. The van der Waals surface area contributed by atoms with E-state index in [1.165, 1.54) is 12.1 Å². The maximum absolute atomic E-state index is 12.1. The Bertz CT molecular complexity index is 809. The fourth-order valence-electron chi connectivity index (χ4n) is 2.20. The van der Waals surface area contributed by atoms with E-state index in [1.807, 2.05) is 0 Å². The van der Waals surface area contributed by atoms with Crippen molar-refractivity contribution in [2.75, 3.05) is 23.4 Å². The number of benzene rings is 1. The fourth-order valence-corrected chi connectivity index (χ4v) is 2.20. The van der Waals surface area contributed by atoms with Crippen LogP contribution in [0.3, 0.4) is 0 Å². The van der Waals surface area contributed by atoms with Crippen LogP contribution in [-0.2, 0) is 9.59 Å². The summed E-state index contributed by atoms with van der Waals surface area (Å²) in [7, 11) is 0. The van der Waals surface area contributed by atoms with Crippen molar-refractivity contribution in [3.8, 4) is 5.75 Å². The summed E-state index contributed by atoms with van der Waals surface area (Å²) >= 11 is 0. The minimum atomic E-state index is -0.679. The molecule has 1 aliphatic rings. The fraction of sp³-hybridized carbons (Fsp3) is 0.133. The highest BCUT2D eigenvalue weighted by atomic mass is 16.6. The van der Waals surface area contributed by atoms with E-state index in [0.29, 0.717) is 5.69 Å². The maximum Gasteiger partial charge on any atom is 0.366 e. The van der Waals surface area contributed by atoms with Crippen LogP contribution >= 0.6 is 0 Å². The van der Waals surface area contributed by atoms with Gasteiger partial charge in [-0.15, -0.1) is 0 Å². The van der Waals surface area contributed by atoms with E-state index in [4.69, 9.17) is 4.74 Å². The van der Waals surface area contributed by atoms with Crippen molar-refractivity contribution in [2.24, 2.45) is 0 Å². The van der Waals surface area contributed by atoms with E-state index in [9.17, 15) is 19.7 Å². The number of carbonyl (C=O) groups excluding carboxylic acids is 2. The van der Waals surface area contributed by atoms with Crippen molar-refractivity contribution < 1.29 is 19.2 Å². The first kappa shape index (κ1) is 15.4. The van der Waals surface area contributed by atoms with Gasteiger partial charge in [-0.05, 0) is 28.1 Å². The monoisotopic (exact) mass is 328 g/mol. The number of hydrogen-bond donors (Lipinski definition) is 1. The molecule has 1 N–H and O–H groups in total. The van der Waals surface area contributed by atoms with E-state index in [-0.39, 0.29) is 24.7 Å². The van der Waals surface area contributed by atoms with Crippen LogP contribution in [0.5, 0.6) is 5.75 Å². The summed E-state index contributed by atoms with van der Waals surface area (Å²) in [5, 5.41) is 13.5. The molecule has 9 nitrogen and oxygen atoms in total. The standard InChI is InChI=1S/C15H12N4O5/c20-13(16-10-4-2-1-3-5-10)8-18-14(21)9-24-11-6-7-12(19(22)23)17-15(11)18/h1-7H,8-9H2,(H,16,20). The molecule has 0 spiro atoms. The van der Waals surface area contributed by atoms with E-state index >= 15 is 0 Å². The predicted octanol–water partition coefficient (Wildman–Crippen LogP) is 1.35. The van der Waals surface area contributed by atoms with Crippen LogP contribution in [0.25, 0.3) is 0 Å². The van der Waals surface area contributed by atoms with Crippen LogP contribution in [0, 0.1) is 10.1 Å². The lowest BCUT2D eigenvalue weighted by atomic mass is 10.3. The van der Waals surface area contributed by atoms with Crippen molar-refractivity contribution in [3.05, 3.63) is 52.6 Å². The number of ether oxygens (including phenoxy) is 1. The number of fused-ring (bicyclic) bond motifs is 1. The second-order valence-corrected chi connectivity index (χ2v) is 4.93. The normalized spacial score (nSPS) is 13.0. The molecule has 9 heteroatoms. The van der Waals surface area contributed by atoms with Gasteiger partial charge >= 0.3 is 5.82 Å². The zero-order chi connectivity index (χ0) is 17.1. The number of nitrogens with one attached hydrogen (secondary N) is 1. The Balaban J connectivity index is 1.83. The molecule has 0 saturated heterocycles. The Labute approximate surface area is 136 Å². The van der Waals surface area contributed by atoms with Crippen molar-refractivity contribution >= 4 is 29.1 Å². The van der Waals surface area contributed by atoms with Gasteiger partial charge in [0.2, 0.25) is 5.91 Å². The lowest BCUT2D eigenvalue weighted by Crippen LogP contribution is -2.44. The third kappa shape index (κ3) is 3.14. The molecule has 0 saturated carbocycles. The molecule has 1 aromatic carbocycles. The number of nitrogens with zero attached hydrogens (tertiary/aromatic N) is 3. The minimum Gasteiger partial charge on any atom is -0.477 e. The van der Waals surface area contributed by atoms with E-state index < -0.39 is 22.6 Å². The third-order valence-corrected chi connectivity index (χ3v) is 3.28. The average molecular weight is 328 g/mol. The third-order valence-electron chi connectivity index (χ3n) is 3.28. The molecule has 0 radical (unpaired) electrons. The molecule has 0 bridgehead atoms. The van der Waals surface area contributed by atoms with Crippen molar-refractivity contribution in [3.63, 3.8) is 0 Å². The van der Waals surface area contributed by atoms with E-state index in [2.05, 4.69) is 10.3 Å². The Morgan fingerprint density at radius 3 is 2.75 bits per heavy atom. The number of anilines is 2. The van der Waals surface area contributed by atoms with Crippen LogP contribution < -0.4 is 15.0 Å². The number of para-hydroxylation sites is 1. The number of carbonyl (C=O) groups is 2. The molecular formula is C15H12N4O5. The molecular weight excluding hydrogens is 316 g/mol. The van der Waals surface area contributed by atoms with Gasteiger partial charge in [0, 0.05) is 11.8 Å². The zero-order valence-electron chi connectivity index (χ0n) is 12.3. The largest absolute Gasteiger partial charge is 0.477 e. The number of rotatable bonds is 4. The SMILES string of the molecule is O=C(CN1C(=O)COc2ccc([N+](=O)[O-])nc21)Nc1ccccc1. The second-order valence-electron chi connectivity index (χ2n) is 4.93. The summed E-state index contributed by atoms with van der Waals surface area (Å²) in [6, 6.07) is 11.3. The smallest absolute Gasteiger partial charge is 0.366 e. The molecule has 3 rings (SSSR count). The molecule has 1 aromatic heterocycles. The first-order valence-corrected chi connectivity index (χ1v) is 6.98. The van der Waals surface area contributed by atoms with Gasteiger partial charge in [0.25, 0.3) is 11.7 Å². The van der Waals surface area contributed by atoms with Crippen LogP contribution in [-0.4, -0.2) is 34.9 Å². The molecule has 122 valence electrons. The molecule has 2 amide bonds. The minimum absolute atomic E-state index is 0.0383. The van der Waals surface area contributed by atoms with E-state index in [0.717, 1.165) is 4.90 Å². The maximum atomic E-state index is 12.1. The summed E-state index contributed by atoms with van der Waals surface area (Å²) in [5.74, 6) is -1.20. The quantitative estimate of drug-likeness (QED) is 0.669. The van der Waals surface area contributed by atoms with E-state index in [1.54, 1.807) is 30.3 Å². The van der Waals surface area contributed by atoms with Gasteiger partial charge in [-0.25, -0.2) is 0 Å². The predicted molar refractivity (Wildman–Crippen MR) is 83.8 cm³/mol. The van der Waals surface area contributed by atoms with Crippen LogP contribution in [0.2, 0.25) is 0 Å². The number of pyridine rings is 1. The molecule has 0 aliphatic carbocycles. The first-order valence-electron chi connectivity index (χ1n) is 6.98. The summed E-state index contributed by atoms with van der Waals surface area (Å²) < 4.78 is 5.19. The van der Waals surface area contributed by atoms with Gasteiger partial charge in [0.15, 0.2) is 12.4 Å². The van der Waals surface area contributed by atoms with Gasteiger partial charge in [-0.1, -0.05) is 18.2 Å². The number of hydrogen-bond acceptors (Lipinski definition) is 6. The molecule has 24 heavy (non-hydrogen) atoms. The summed E-state index contributed by atoms with van der Waals surface area (Å²) in [6.07, 6.45) is 0. The summed E-state index contributed by atoms with van der Waals surface area (Å²) in [4.78, 5) is 39.2. The lowest BCUT2D eigenvalue weighted by Gasteiger charge is -2.24. The highest BCUT2D eigenvalue weighted by Gasteiger charge is 2.33. The number of nitro groups is 1. The van der Waals surface area contributed by atoms with Gasteiger partial charge in [0.1, 0.15) is 6.54 Å². The Kier molecular flexibility index (Phi) is 4.06. The molecule has 0 atom stereocenters. The average Bonchev–Trinajstić information content (AvgIpc) is 2.58. The molecule has 0 fully saturated rings. The highest BCUT2D eigenvalue weighted by Crippen LogP contribution is 2.31. The van der Waals surface area contributed by atoms with Crippen molar-refractivity contribution in [1.29, 1.82) is 0 Å². The molecule has 2 heterocycles. The molecule has 0 unspecified atom stereocenters. The topological polar surface area (TPSA) is 115 Å². The molecule has 2 aromatic rings. The number of aromatic nitrogens is 1. The van der Waals surface area contributed by atoms with Crippen LogP contribution in [0.4, 0.5) is 17.3 Å². The van der Waals surface area contributed by atoms with Gasteiger partial charge in [0.05, 0.1) is 0 Å². The van der Waals surface area contributed by atoms with Crippen molar-refractivity contribution in [2.45, 2.75) is 0 Å². The van der Waals surface area contributed by atoms with Crippen molar-refractivity contribution in [1.82, 2.24) is 4.98 Å². The zero-order valence-corrected chi connectivity index (χ0v) is 12.3. The van der Waals surface area contributed by atoms with Gasteiger partial charge in [-0.3, -0.25) is 14.5 Å². The first-order chi connectivity index (χ1) is 11.5. The van der Waals surface area contributed by atoms with Crippen LogP contribution in [0.15, 0.2) is 42.5 Å². The van der Waals surface area contributed by atoms with Gasteiger partial charge in [-0.2, -0.15) is 0 Å². The Morgan fingerprint density at radius 2 is 2.04 bits per heavy atom. The second kappa shape index (κ2) is 6.32. The Hall–Kier alpha value is -3.49. The Morgan fingerprint density at radius 1 is 1.29 bits per heavy atom.